The Kier molecular flexibility index (Phi) is 27.5. The summed E-state index contributed by atoms with van der Waals surface area (Å²) in [5, 5.41) is 58.6. The molecular formula is C18H30N2O12. The second kappa shape index (κ2) is 24.2. The number of amides is 2. The van der Waals surface area contributed by atoms with E-state index in [1.54, 1.807) is 0 Å². The van der Waals surface area contributed by atoms with Crippen molar-refractivity contribution in [2.24, 2.45) is 0 Å². The molecule has 2 amide bonds. The van der Waals surface area contributed by atoms with Crippen LogP contribution in [0.5, 0.6) is 0 Å². The lowest BCUT2D eigenvalue weighted by molar-refractivity contribution is -0.193. The first-order valence-electron chi connectivity index (χ1n) is 8.67. The van der Waals surface area contributed by atoms with Gasteiger partial charge in [-0.1, -0.05) is 13.2 Å². The van der Waals surface area contributed by atoms with Crippen molar-refractivity contribution in [3.8, 4) is 0 Å². The fourth-order valence-electron chi connectivity index (χ4n) is 1.63. The summed E-state index contributed by atoms with van der Waals surface area (Å²) in [7, 11) is 0. The Bertz CT molecular complexity index is 545. The number of hydrogen-bond donors (Lipinski definition) is 8. The van der Waals surface area contributed by atoms with Crippen molar-refractivity contribution in [3.63, 3.8) is 0 Å². The highest BCUT2D eigenvalue weighted by Gasteiger charge is 2.24. The van der Waals surface area contributed by atoms with Gasteiger partial charge in [0.1, 0.15) is 12.2 Å². The van der Waals surface area contributed by atoms with Crippen LogP contribution in [0.15, 0.2) is 25.3 Å². The Morgan fingerprint density at radius 2 is 0.969 bits per heavy atom. The van der Waals surface area contributed by atoms with Crippen molar-refractivity contribution in [3.05, 3.63) is 25.3 Å². The average Bonchev–Trinajstić information content (AvgIpc) is 2.75. The van der Waals surface area contributed by atoms with Crippen LogP contribution in [0.25, 0.3) is 0 Å². The van der Waals surface area contributed by atoms with Crippen LogP contribution < -0.4 is 10.6 Å². The molecule has 6 atom stereocenters. The van der Waals surface area contributed by atoms with Gasteiger partial charge in [0, 0.05) is 0 Å². The Hall–Kier alpha value is -3.06. The smallest absolute Gasteiger partial charge is 0.373 e. The first-order chi connectivity index (χ1) is 14.9. The maximum Gasteiger partial charge on any atom is 0.373 e. The molecule has 0 saturated carbocycles. The van der Waals surface area contributed by atoms with E-state index >= 15 is 0 Å². The van der Waals surface area contributed by atoms with Gasteiger partial charge in [0.25, 0.3) is 0 Å². The molecule has 0 bridgehead atoms. The van der Waals surface area contributed by atoms with E-state index in [0.717, 1.165) is 12.2 Å². The standard InChI is InChI=1S/2C8H15NO4.2CO2/c2*1-3-7(12)9-6(4-10)8(13)5(2)11;2*2-1-3/h2*3,5-6,8,10-11,13H,1,4H2,2H3,(H,9,12);;/t2*5-,6+,8-;;/m11../s1. The molecule has 0 aromatic carbocycles. The molecule has 32 heavy (non-hydrogen) atoms. The van der Waals surface area contributed by atoms with Crippen molar-refractivity contribution in [1.29, 1.82) is 0 Å². The SMILES string of the molecule is C=CC(=O)N[C@@H](CO)[C@H](O)[C@@H](C)O.C=CC(=O)N[C@@H](CO)[C@H](O)[C@@H](C)O.O=C=O.O=C=O. The first-order valence-corrected chi connectivity index (χ1v) is 8.67. The van der Waals surface area contributed by atoms with Crippen molar-refractivity contribution in [1.82, 2.24) is 10.6 Å². The van der Waals surface area contributed by atoms with Crippen LogP contribution in [-0.2, 0) is 28.8 Å². The number of nitrogens with one attached hydrogen (secondary N) is 2. The average molecular weight is 466 g/mol. The highest BCUT2D eigenvalue weighted by molar-refractivity contribution is 5.87. The van der Waals surface area contributed by atoms with Gasteiger partial charge in [0.05, 0.1) is 37.5 Å². The van der Waals surface area contributed by atoms with Gasteiger partial charge in [-0.3, -0.25) is 9.59 Å². The molecule has 0 unspecified atom stereocenters. The second-order valence-corrected chi connectivity index (χ2v) is 5.63. The van der Waals surface area contributed by atoms with Crippen LogP contribution >= 0.6 is 0 Å². The van der Waals surface area contributed by atoms with E-state index in [-0.39, 0.29) is 12.3 Å². The molecule has 14 nitrogen and oxygen atoms in total. The lowest BCUT2D eigenvalue weighted by atomic mass is 10.1. The lowest BCUT2D eigenvalue weighted by Gasteiger charge is -2.23. The van der Waals surface area contributed by atoms with E-state index in [0.29, 0.717) is 0 Å². The molecule has 0 spiro atoms. The van der Waals surface area contributed by atoms with Crippen LogP contribution in [-0.4, -0.2) is 104 Å². The zero-order valence-electron chi connectivity index (χ0n) is 17.6. The van der Waals surface area contributed by atoms with Gasteiger partial charge in [-0.15, -0.1) is 0 Å². The molecule has 0 radical (unpaired) electrons. The molecule has 0 rings (SSSR count). The monoisotopic (exact) mass is 466 g/mol. The van der Waals surface area contributed by atoms with Gasteiger partial charge in [0.2, 0.25) is 11.8 Å². The highest BCUT2D eigenvalue weighted by atomic mass is 16.3. The van der Waals surface area contributed by atoms with E-state index in [4.69, 9.17) is 39.6 Å². The summed E-state index contributed by atoms with van der Waals surface area (Å²) in [6.45, 7) is 8.29. The van der Waals surface area contributed by atoms with Crippen LogP contribution in [0, 0.1) is 0 Å². The zero-order chi connectivity index (χ0) is 26.3. The number of aliphatic hydroxyl groups is 6. The molecule has 0 saturated heterocycles. The summed E-state index contributed by atoms with van der Waals surface area (Å²) in [5.74, 6) is -1.00. The molecule has 0 fully saturated rings. The van der Waals surface area contributed by atoms with Crippen molar-refractivity contribution < 1.29 is 59.4 Å². The number of rotatable bonds is 10. The molecule has 8 N–H and O–H groups in total. The van der Waals surface area contributed by atoms with E-state index in [2.05, 4.69) is 23.8 Å². The maximum absolute atomic E-state index is 10.8. The summed E-state index contributed by atoms with van der Waals surface area (Å²) in [5.41, 5.74) is 0. The lowest BCUT2D eigenvalue weighted by Crippen LogP contribution is -2.49. The third-order valence-electron chi connectivity index (χ3n) is 3.23. The summed E-state index contributed by atoms with van der Waals surface area (Å²) >= 11 is 0. The third kappa shape index (κ3) is 21.6. The largest absolute Gasteiger partial charge is 0.394 e. The number of aliphatic hydroxyl groups excluding tert-OH is 6. The van der Waals surface area contributed by atoms with Gasteiger partial charge < -0.3 is 41.3 Å². The molecule has 0 aliphatic rings. The van der Waals surface area contributed by atoms with E-state index in [9.17, 15) is 19.8 Å². The topological polar surface area (TPSA) is 248 Å². The summed E-state index contributed by atoms with van der Waals surface area (Å²) in [6.07, 6.45) is -1.85. The zero-order valence-corrected chi connectivity index (χ0v) is 17.6. The Labute approximate surface area is 183 Å². The Morgan fingerprint density at radius 3 is 1.09 bits per heavy atom. The first kappa shape index (κ1) is 36.3. The normalized spacial score (nSPS) is 14.5. The van der Waals surface area contributed by atoms with Crippen LogP contribution in [0.4, 0.5) is 0 Å². The molecule has 0 aromatic rings. The molecular weight excluding hydrogens is 436 g/mol. The fourth-order valence-corrected chi connectivity index (χ4v) is 1.63. The summed E-state index contributed by atoms with van der Waals surface area (Å²) in [6, 6.07) is -1.74. The van der Waals surface area contributed by atoms with Gasteiger partial charge in [-0.05, 0) is 26.0 Å². The molecule has 0 heterocycles. The van der Waals surface area contributed by atoms with E-state index in [1.807, 2.05) is 0 Å². The van der Waals surface area contributed by atoms with Gasteiger partial charge in [-0.25, -0.2) is 0 Å². The minimum Gasteiger partial charge on any atom is -0.394 e. The fraction of sp³-hybridized carbons (Fsp3) is 0.556. The Morgan fingerprint density at radius 1 is 0.750 bits per heavy atom. The molecule has 0 aliphatic heterocycles. The predicted molar refractivity (Wildman–Crippen MR) is 104 cm³/mol. The van der Waals surface area contributed by atoms with Crippen molar-refractivity contribution in [2.75, 3.05) is 13.2 Å². The second-order valence-electron chi connectivity index (χ2n) is 5.63. The van der Waals surface area contributed by atoms with E-state index < -0.39 is 61.5 Å². The molecule has 0 aliphatic carbocycles. The minimum atomic E-state index is -1.19. The third-order valence-corrected chi connectivity index (χ3v) is 3.23. The van der Waals surface area contributed by atoms with Gasteiger partial charge in [0.15, 0.2) is 0 Å². The maximum atomic E-state index is 10.8. The van der Waals surface area contributed by atoms with Crippen LogP contribution in [0.2, 0.25) is 0 Å². The van der Waals surface area contributed by atoms with E-state index in [1.165, 1.54) is 13.8 Å². The van der Waals surface area contributed by atoms with Crippen molar-refractivity contribution in [2.45, 2.75) is 50.3 Å². The van der Waals surface area contributed by atoms with Gasteiger partial charge in [-0.2, -0.15) is 19.2 Å². The molecule has 184 valence electrons. The number of hydrogen-bond acceptors (Lipinski definition) is 12. The molecule has 14 heteroatoms. The number of carbonyl (C=O) groups is 2. The summed E-state index contributed by atoms with van der Waals surface area (Å²) in [4.78, 5) is 54.1. The van der Waals surface area contributed by atoms with Gasteiger partial charge >= 0.3 is 12.3 Å². The Balaban J connectivity index is -0.000000196. The van der Waals surface area contributed by atoms with Crippen LogP contribution in [0.1, 0.15) is 13.8 Å². The van der Waals surface area contributed by atoms with Crippen molar-refractivity contribution >= 4 is 24.1 Å². The van der Waals surface area contributed by atoms with Crippen LogP contribution in [0.3, 0.4) is 0 Å². The molecule has 0 aromatic heterocycles. The minimum absolute atomic E-state index is 0.250. The predicted octanol–water partition coefficient (Wildman–Crippen LogP) is -4.38. The number of carbonyl (C=O) groups excluding carboxylic acids is 6. The summed E-state index contributed by atoms with van der Waals surface area (Å²) < 4.78 is 0. The highest BCUT2D eigenvalue weighted by Crippen LogP contribution is 1.99. The quantitative estimate of drug-likeness (QED) is 0.142.